The molecule has 0 bridgehead atoms. The molecule has 0 spiro atoms. The van der Waals surface area contributed by atoms with Crippen molar-refractivity contribution in [1.29, 1.82) is 0 Å². The van der Waals surface area contributed by atoms with Crippen molar-refractivity contribution < 1.29 is 4.79 Å². The number of hydrogen-bond donors (Lipinski definition) is 0. The van der Waals surface area contributed by atoms with E-state index in [0.29, 0.717) is 6.42 Å². The van der Waals surface area contributed by atoms with Gasteiger partial charge in [-0.1, -0.05) is 54.6 Å². The van der Waals surface area contributed by atoms with Gasteiger partial charge in [0, 0.05) is 6.42 Å². The van der Waals surface area contributed by atoms with Crippen molar-refractivity contribution in [2.75, 3.05) is 0 Å². The Balaban J connectivity index is 2.15. The van der Waals surface area contributed by atoms with Crippen LogP contribution in [0.4, 0.5) is 0 Å². The lowest BCUT2D eigenvalue weighted by molar-refractivity contribution is 0.549. The molecule has 0 fully saturated rings. The molecule has 1 heteroatoms. The first-order chi connectivity index (χ1) is 9.40. The van der Waals surface area contributed by atoms with E-state index in [1.54, 1.807) is 0 Å². The summed E-state index contributed by atoms with van der Waals surface area (Å²) in [4.78, 5) is 10.3. The van der Waals surface area contributed by atoms with E-state index >= 15 is 0 Å². The second-order valence-corrected chi connectivity index (χ2v) is 4.80. The van der Waals surface area contributed by atoms with Crippen LogP contribution in [0.3, 0.4) is 0 Å². The molecule has 0 aliphatic carbocycles. The van der Waals surface area contributed by atoms with Crippen LogP contribution in [0.2, 0.25) is 0 Å². The van der Waals surface area contributed by atoms with Gasteiger partial charge in [0.05, 0.1) is 0 Å². The summed E-state index contributed by atoms with van der Waals surface area (Å²) in [6.07, 6.45) is 4.29. The Kier molecular flexibility index (Phi) is 3.28. The van der Waals surface area contributed by atoms with Crippen molar-refractivity contribution in [2.24, 2.45) is 0 Å². The third-order valence-electron chi connectivity index (χ3n) is 3.60. The first kappa shape index (κ1) is 11.9. The quantitative estimate of drug-likeness (QED) is 0.492. The average Bonchev–Trinajstić information content (AvgIpc) is 2.47. The Morgan fingerprint density at radius 1 is 0.789 bits per heavy atom. The highest BCUT2D eigenvalue weighted by molar-refractivity contribution is 6.08. The summed E-state index contributed by atoms with van der Waals surface area (Å²) in [6.45, 7) is 0. The lowest BCUT2D eigenvalue weighted by Gasteiger charge is -2.08. The molecular formula is C18H15O. The van der Waals surface area contributed by atoms with Crippen LogP contribution in [0.5, 0.6) is 0 Å². The van der Waals surface area contributed by atoms with Gasteiger partial charge in [-0.05, 0) is 39.9 Å². The third-order valence-corrected chi connectivity index (χ3v) is 3.60. The van der Waals surface area contributed by atoms with E-state index in [-0.39, 0.29) is 0 Å². The maximum Gasteiger partial charge on any atom is 0.198 e. The maximum atomic E-state index is 10.3. The first-order valence-corrected chi connectivity index (χ1v) is 6.64. The summed E-state index contributed by atoms with van der Waals surface area (Å²) in [5, 5.41) is 5.16. The van der Waals surface area contributed by atoms with Gasteiger partial charge < -0.3 is 0 Å². The Labute approximate surface area is 112 Å². The van der Waals surface area contributed by atoms with Gasteiger partial charge >= 0.3 is 0 Å². The number of aryl methyl sites for hydroxylation is 1. The van der Waals surface area contributed by atoms with E-state index in [1.807, 2.05) is 6.29 Å². The molecule has 0 aliphatic rings. The summed E-state index contributed by atoms with van der Waals surface area (Å²) in [7, 11) is 0. The van der Waals surface area contributed by atoms with Crippen LogP contribution < -0.4 is 0 Å². The Hall–Kier alpha value is -2.15. The zero-order chi connectivity index (χ0) is 13.1. The SMILES string of the molecule is O=[C]CCCc1cccc2c1ccc1ccccc12. The molecule has 0 unspecified atom stereocenters. The predicted molar refractivity (Wildman–Crippen MR) is 80.1 cm³/mol. The number of benzene rings is 3. The second kappa shape index (κ2) is 5.23. The van der Waals surface area contributed by atoms with Gasteiger partial charge in [-0.15, -0.1) is 0 Å². The first-order valence-electron chi connectivity index (χ1n) is 6.64. The molecule has 3 aromatic rings. The molecule has 3 rings (SSSR count). The molecule has 0 atom stereocenters. The Morgan fingerprint density at radius 2 is 1.63 bits per heavy atom. The van der Waals surface area contributed by atoms with Crippen molar-refractivity contribution in [3.05, 3.63) is 60.2 Å². The van der Waals surface area contributed by atoms with Crippen LogP contribution in [-0.2, 0) is 11.2 Å². The average molecular weight is 247 g/mol. The molecule has 0 aromatic heterocycles. The van der Waals surface area contributed by atoms with Crippen molar-refractivity contribution in [1.82, 2.24) is 0 Å². The highest BCUT2D eigenvalue weighted by Gasteiger charge is 2.04. The van der Waals surface area contributed by atoms with Crippen molar-refractivity contribution >= 4 is 27.8 Å². The minimum atomic E-state index is 0.518. The smallest absolute Gasteiger partial charge is 0.198 e. The highest BCUT2D eigenvalue weighted by atomic mass is 16.1. The zero-order valence-electron chi connectivity index (χ0n) is 10.7. The number of fused-ring (bicyclic) bond motifs is 3. The van der Waals surface area contributed by atoms with Gasteiger partial charge in [0.25, 0.3) is 0 Å². The largest absolute Gasteiger partial charge is 0.291 e. The lowest BCUT2D eigenvalue weighted by Crippen LogP contribution is -1.89. The number of carbonyl (C=O) groups excluding carboxylic acids is 1. The van der Waals surface area contributed by atoms with E-state index in [4.69, 9.17) is 0 Å². The molecule has 3 aromatic carbocycles. The van der Waals surface area contributed by atoms with Gasteiger partial charge in [-0.2, -0.15) is 0 Å². The second-order valence-electron chi connectivity index (χ2n) is 4.80. The summed E-state index contributed by atoms with van der Waals surface area (Å²) in [5.41, 5.74) is 1.32. The zero-order valence-corrected chi connectivity index (χ0v) is 10.7. The maximum absolute atomic E-state index is 10.3. The van der Waals surface area contributed by atoms with Crippen molar-refractivity contribution in [3.63, 3.8) is 0 Å². The van der Waals surface area contributed by atoms with E-state index in [2.05, 4.69) is 54.6 Å². The molecule has 93 valence electrons. The fourth-order valence-electron chi connectivity index (χ4n) is 2.67. The van der Waals surface area contributed by atoms with Crippen LogP contribution in [0.25, 0.3) is 21.5 Å². The van der Waals surface area contributed by atoms with E-state index in [9.17, 15) is 4.79 Å². The van der Waals surface area contributed by atoms with Crippen molar-refractivity contribution in [3.8, 4) is 0 Å². The lowest BCUT2D eigenvalue weighted by atomic mass is 9.96. The number of unbranched alkanes of at least 4 members (excludes halogenated alkanes) is 1. The van der Waals surface area contributed by atoms with Gasteiger partial charge in [-0.25, -0.2) is 0 Å². The summed E-state index contributed by atoms with van der Waals surface area (Å²) in [6, 6.07) is 19.3. The van der Waals surface area contributed by atoms with Gasteiger partial charge in [0.2, 0.25) is 0 Å². The summed E-state index contributed by atoms with van der Waals surface area (Å²) in [5.74, 6) is 0. The van der Waals surface area contributed by atoms with Gasteiger partial charge in [0.1, 0.15) is 0 Å². The van der Waals surface area contributed by atoms with Crippen LogP contribution in [0.1, 0.15) is 18.4 Å². The predicted octanol–water partition coefficient (Wildman–Crippen LogP) is 4.43. The van der Waals surface area contributed by atoms with Crippen LogP contribution in [0.15, 0.2) is 54.6 Å². The molecule has 0 aliphatic heterocycles. The molecule has 0 saturated carbocycles. The standard InChI is InChI=1S/C18H15O/c19-13-4-3-7-14-8-5-10-18-16-9-2-1-6-15(16)11-12-17(14)18/h1-2,5-6,8-12H,3-4,7H2. The highest BCUT2D eigenvalue weighted by Crippen LogP contribution is 2.28. The number of hydrogen-bond acceptors (Lipinski definition) is 1. The molecule has 0 heterocycles. The Morgan fingerprint density at radius 3 is 2.53 bits per heavy atom. The molecule has 0 amide bonds. The molecule has 1 nitrogen and oxygen atoms in total. The summed E-state index contributed by atoms with van der Waals surface area (Å²) < 4.78 is 0. The van der Waals surface area contributed by atoms with Crippen LogP contribution in [0, 0.1) is 0 Å². The third kappa shape index (κ3) is 2.24. The van der Waals surface area contributed by atoms with Crippen LogP contribution in [-0.4, -0.2) is 6.29 Å². The molecule has 1 radical (unpaired) electrons. The molecule has 0 N–H and O–H groups in total. The fourth-order valence-corrected chi connectivity index (χ4v) is 2.67. The summed E-state index contributed by atoms with van der Waals surface area (Å²) >= 11 is 0. The Bertz CT molecular complexity index is 728. The fraction of sp³-hybridized carbons (Fsp3) is 0.167. The van der Waals surface area contributed by atoms with E-state index in [0.717, 1.165) is 12.8 Å². The topological polar surface area (TPSA) is 17.1 Å². The van der Waals surface area contributed by atoms with Crippen molar-refractivity contribution in [2.45, 2.75) is 19.3 Å². The normalized spacial score (nSPS) is 10.9. The minimum Gasteiger partial charge on any atom is -0.291 e. The van der Waals surface area contributed by atoms with E-state index < -0.39 is 0 Å². The van der Waals surface area contributed by atoms with Crippen LogP contribution >= 0.6 is 0 Å². The van der Waals surface area contributed by atoms with E-state index in [1.165, 1.54) is 27.1 Å². The monoisotopic (exact) mass is 247 g/mol. The van der Waals surface area contributed by atoms with Gasteiger partial charge in [-0.3, -0.25) is 4.79 Å². The molecule has 0 saturated heterocycles. The number of rotatable bonds is 4. The van der Waals surface area contributed by atoms with Gasteiger partial charge in [0.15, 0.2) is 6.29 Å². The minimum absolute atomic E-state index is 0.518. The molecule has 19 heavy (non-hydrogen) atoms. The molecular weight excluding hydrogens is 232 g/mol.